The van der Waals surface area contributed by atoms with Crippen LogP contribution in [-0.2, 0) is 6.54 Å². The highest BCUT2D eigenvalue weighted by Gasteiger charge is 2.25. The Kier molecular flexibility index (Phi) is 5.25. The van der Waals surface area contributed by atoms with E-state index in [1.807, 2.05) is 18.2 Å². The van der Waals surface area contributed by atoms with Gasteiger partial charge in [-0.05, 0) is 75.1 Å². The minimum absolute atomic E-state index is 0.267. The SMILES string of the molecule is COc1ccc2c(CN3CCNCC3c3ccc(Cl)cc3)cc3cc4c(cc3c2c1)OCO4. The van der Waals surface area contributed by atoms with Crippen LogP contribution in [0, 0.1) is 0 Å². The molecule has 0 saturated carbocycles. The Morgan fingerprint density at radius 1 is 0.970 bits per heavy atom. The molecule has 5 nitrogen and oxygen atoms in total. The number of benzene rings is 4. The maximum absolute atomic E-state index is 6.14. The maximum Gasteiger partial charge on any atom is 0.231 e. The van der Waals surface area contributed by atoms with Gasteiger partial charge in [-0.2, -0.15) is 0 Å². The fourth-order valence-corrected chi connectivity index (χ4v) is 5.15. The van der Waals surface area contributed by atoms with Crippen LogP contribution in [0.15, 0.2) is 60.7 Å². The van der Waals surface area contributed by atoms with Crippen molar-refractivity contribution in [3.63, 3.8) is 0 Å². The molecular weight excluding hydrogens is 436 g/mol. The van der Waals surface area contributed by atoms with Crippen molar-refractivity contribution in [1.82, 2.24) is 10.2 Å². The zero-order valence-electron chi connectivity index (χ0n) is 18.4. The first-order valence-electron chi connectivity index (χ1n) is 11.2. The van der Waals surface area contributed by atoms with Crippen molar-refractivity contribution in [2.45, 2.75) is 12.6 Å². The molecule has 0 spiro atoms. The minimum atomic E-state index is 0.267. The van der Waals surface area contributed by atoms with Crippen molar-refractivity contribution in [1.29, 1.82) is 0 Å². The van der Waals surface area contributed by atoms with Gasteiger partial charge in [0.05, 0.1) is 7.11 Å². The number of hydrogen-bond acceptors (Lipinski definition) is 5. The van der Waals surface area contributed by atoms with Crippen LogP contribution in [0.1, 0.15) is 17.2 Å². The molecule has 4 aromatic rings. The first-order chi connectivity index (χ1) is 16.2. The van der Waals surface area contributed by atoms with Gasteiger partial charge in [0.15, 0.2) is 11.5 Å². The van der Waals surface area contributed by atoms with Gasteiger partial charge in [-0.15, -0.1) is 0 Å². The summed E-state index contributed by atoms with van der Waals surface area (Å²) >= 11 is 6.14. The van der Waals surface area contributed by atoms with Gasteiger partial charge >= 0.3 is 0 Å². The Hall–Kier alpha value is -2.99. The molecule has 6 rings (SSSR count). The summed E-state index contributed by atoms with van der Waals surface area (Å²) in [6.45, 7) is 3.98. The molecule has 2 heterocycles. The van der Waals surface area contributed by atoms with Crippen molar-refractivity contribution in [2.75, 3.05) is 33.5 Å². The van der Waals surface area contributed by atoms with Crippen molar-refractivity contribution < 1.29 is 14.2 Å². The number of nitrogens with one attached hydrogen (secondary N) is 1. The lowest BCUT2D eigenvalue weighted by molar-refractivity contribution is 0.154. The average molecular weight is 461 g/mol. The Balaban J connectivity index is 1.46. The number of methoxy groups -OCH3 is 1. The third-order valence-corrected chi connectivity index (χ3v) is 6.97. The first kappa shape index (κ1) is 20.6. The number of piperazine rings is 1. The van der Waals surface area contributed by atoms with Crippen molar-refractivity contribution >= 4 is 33.1 Å². The molecule has 4 aromatic carbocycles. The van der Waals surface area contributed by atoms with Crippen LogP contribution >= 0.6 is 11.6 Å². The Morgan fingerprint density at radius 3 is 2.61 bits per heavy atom. The van der Waals surface area contributed by atoms with E-state index in [4.69, 9.17) is 25.8 Å². The van der Waals surface area contributed by atoms with Crippen LogP contribution < -0.4 is 19.5 Å². The fourth-order valence-electron chi connectivity index (χ4n) is 5.03. The van der Waals surface area contributed by atoms with Gasteiger partial charge < -0.3 is 19.5 Å². The number of rotatable bonds is 4. The topological polar surface area (TPSA) is 43.0 Å². The lowest BCUT2D eigenvalue weighted by Gasteiger charge is -2.37. The zero-order valence-corrected chi connectivity index (χ0v) is 19.2. The molecule has 2 aliphatic rings. The standard InChI is InChI=1S/C27H25ClN2O3/c1-31-21-6-7-22-19(10-18-11-26-27(33-16-32-26)13-23(18)24(22)12-21)15-30-9-8-29-14-25(30)17-2-4-20(28)5-3-17/h2-7,10-13,25,29H,8-9,14-16H2,1H3. The molecule has 2 aliphatic heterocycles. The second kappa shape index (κ2) is 8.41. The van der Waals surface area contributed by atoms with E-state index in [9.17, 15) is 0 Å². The summed E-state index contributed by atoms with van der Waals surface area (Å²) in [6.07, 6.45) is 0. The molecule has 0 radical (unpaired) electrons. The summed E-state index contributed by atoms with van der Waals surface area (Å²) in [4.78, 5) is 2.55. The van der Waals surface area contributed by atoms with E-state index in [2.05, 4.69) is 52.7 Å². The van der Waals surface area contributed by atoms with Crippen LogP contribution in [0.4, 0.5) is 0 Å². The van der Waals surface area contributed by atoms with E-state index in [1.165, 1.54) is 21.9 Å². The second-order valence-electron chi connectivity index (χ2n) is 8.62. The lowest BCUT2D eigenvalue weighted by Crippen LogP contribution is -2.45. The summed E-state index contributed by atoms with van der Waals surface area (Å²) in [5.74, 6) is 2.45. The van der Waals surface area contributed by atoms with Crippen LogP contribution in [0.2, 0.25) is 5.02 Å². The Morgan fingerprint density at radius 2 is 1.79 bits per heavy atom. The van der Waals surface area contributed by atoms with Crippen LogP contribution in [0.5, 0.6) is 17.2 Å². The summed E-state index contributed by atoms with van der Waals surface area (Å²) < 4.78 is 16.9. The molecule has 1 atom stereocenters. The summed E-state index contributed by atoms with van der Waals surface area (Å²) in [5, 5.41) is 9.01. The lowest BCUT2D eigenvalue weighted by atomic mass is 9.95. The summed E-state index contributed by atoms with van der Waals surface area (Å²) in [6, 6.07) is 21.3. The molecule has 6 heteroatoms. The maximum atomic E-state index is 6.14. The van der Waals surface area contributed by atoms with Gasteiger partial charge in [0.25, 0.3) is 0 Å². The smallest absolute Gasteiger partial charge is 0.231 e. The third-order valence-electron chi connectivity index (χ3n) is 6.72. The molecule has 1 fully saturated rings. The van der Waals surface area contributed by atoms with Gasteiger partial charge in [0.1, 0.15) is 5.75 Å². The highest BCUT2D eigenvalue weighted by molar-refractivity contribution is 6.30. The van der Waals surface area contributed by atoms with Gasteiger partial charge in [0, 0.05) is 37.2 Å². The normalized spacial score (nSPS) is 18.2. The quantitative estimate of drug-likeness (QED) is 0.405. The minimum Gasteiger partial charge on any atom is -0.497 e. The van der Waals surface area contributed by atoms with Gasteiger partial charge in [-0.1, -0.05) is 29.8 Å². The second-order valence-corrected chi connectivity index (χ2v) is 9.05. The number of halogens is 1. The van der Waals surface area contributed by atoms with E-state index in [0.717, 1.165) is 59.2 Å². The Bertz CT molecular complexity index is 1340. The largest absolute Gasteiger partial charge is 0.497 e. The van der Waals surface area contributed by atoms with E-state index >= 15 is 0 Å². The average Bonchev–Trinajstić information content (AvgIpc) is 3.31. The third kappa shape index (κ3) is 3.76. The Labute approximate surface area is 197 Å². The predicted octanol–water partition coefficient (Wildman–Crippen LogP) is 5.53. The van der Waals surface area contributed by atoms with Crippen molar-refractivity contribution in [3.8, 4) is 17.2 Å². The van der Waals surface area contributed by atoms with E-state index in [-0.39, 0.29) is 12.8 Å². The molecule has 0 amide bonds. The predicted molar refractivity (Wildman–Crippen MR) is 132 cm³/mol. The number of fused-ring (bicyclic) bond motifs is 4. The van der Waals surface area contributed by atoms with E-state index < -0.39 is 0 Å². The first-order valence-corrected chi connectivity index (χ1v) is 11.6. The summed E-state index contributed by atoms with van der Waals surface area (Å²) in [7, 11) is 1.71. The fraction of sp³-hybridized carbons (Fsp3) is 0.259. The number of nitrogens with zero attached hydrogens (tertiary/aromatic N) is 1. The molecule has 1 unspecified atom stereocenters. The van der Waals surface area contributed by atoms with Gasteiger partial charge in [0.2, 0.25) is 6.79 Å². The van der Waals surface area contributed by atoms with Crippen molar-refractivity contribution in [2.24, 2.45) is 0 Å². The van der Waals surface area contributed by atoms with E-state index in [0.29, 0.717) is 0 Å². The molecule has 33 heavy (non-hydrogen) atoms. The zero-order chi connectivity index (χ0) is 22.4. The molecule has 1 saturated heterocycles. The number of ether oxygens (including phenoxy) is 3. The number of hydrogen-bond donors (Lipinski definition) is 1. The van der Waals surface area contributed by atoms with Crippen LogP contribution in [0.3, 0.4) is 0 Å². The van der Waals surface area contributed by atoms with Crippen LogP contribution in [-0.4, -0.2) is 38.4 Å². The molecule has 0 bridgehead atoms. The molecule has 0 aromatic heterocycles. The molecular formula is C27H25ClN2O3. The van der Waals surface area contributed by atoms with E-state index in [1.54, 1.807) is 7.11 Å². The molecule has 0 aliphatic carbocycles. The monoisotopic (exact) mass is 460 g/mol. The van der Waals surface area contributed by atoms with Gasteiger partial charge in [-0.25, -0.2) is 0 Å². The highest BCUT2D eigenvalue weighted by atomic mass is 35.5. The molecule has 1 N–H and O–H groups in total. The van der Waals surface area contributed by atoms with Crippen molar-refractivity contribution in [3.05, 3.63) is 76.8 Å². The summed E-state index contributed by atoms with van der Waals surface area (Å²) in [5.41, 5.74) is 2.57. The van der Waals surface area contributed by atoms with Gasteiger partial charge in [-0.3, -0.25) is 4.90 Å². The molecule has 168 valence electrons. The van der Waals surface area contributed by atoms with Crippen LogP contribution in [0.25, 0.3) is 21.5 Å². The highest BCUT2D eigenvalue weighted by Crippen LogP contribution is 2.41.